The summed E-state index contributed by atoms with van der Waals surface area (Å²) in [4.78, 5) is 2.35. The van der Waals surface area contributed by atoms with Gasteiger partial charge in [0.15, 0.2) is 23.0 Å². The van der Waals surface area contributed by atoms with Gasteiger partial charge in [-0.15, -0.1) is 0 Å². The minimum atomic E-state index is 0.266. The third kappa shape index (κ3) is 3.92. The summed E-state index contributed by atoms with van der Waals surface area (Å²) in [6.07, 6.45) is 0. The number of nitrogens with zero attached hydrogens (tertiary/aromatic N) is 1. The number of benzene rings is 3. The molecule has 0 saturated carbocycles. The van der Waals surface area contributed by atoms with Gasteiger partial charge in [0.1, 0.15) is 0 Å². The number of aryl methyl sites for hydroxylation is 1. The zero-order valence-electron chi connectivity index (χ0n) is 16.3. The Kier molecular flexibility index (Phi) is 5.41. The van der Waals surface area contributed by atoms with E-state index in [4.69, 9.17) is 18.9 Å². The average molecular weight is 580 g/mol. The minimum absolute atomic E-state index is 0.266. The first-order valence-electron chi connectivity index (χ1n) is 9.54. The predicted octanol–water partition coefficient (Wildman–Crippen LogP) is 6.03. The van der Waals surface area contributed by atoms with Gasteiger partial charge in [0.25, 0.3) is 0 Å². The highest BCUT2D eigenvalue weighted by Gasteiger charge is 2.21. The maximum Gasteiger partial charge on any atom is 0.231 e. The van der Waals surface area contributed by atoms with Crippen LogP contribution in [0.4, 0.5) is 5.69 Å². The Hall–Kier alpha value is -2.13. The van der Waals surface area contributed by atoms with Crippen molar-refractivity contribution in [1.29, 1.82) is 0 Å². The molecule has 5 rings (SSSR count). The summed E-state index contributed by atoms with van der Waals surface area (Å²) in [5, 5.41) is 0. The molecule has 0 spiro atoms. The molecule has 0 bridgehead atoms. The van der Waals surface area contributed by atoms with E-state index in [1.54, 1.807) is 0 Å². The zero-order valence-corrected chi connectivity index (χ0v) is 20.0. The second-order valence-electron chi connectivity index (χ2n) is 7.29. The molecule has 5 nitrogen and oxygen atoms in total. The van der Waals surface area contributed by atoms with E-state index in [-0.39, 0.29) is 13.6 Å². The highest BCUT2D eigenvalue weighted by molar-refractivity contribution is 14.1. The number of anilines is 1. The van der Waals surface area contributed by atoms with Gasteiger partial charge in [-0.2, -0.15) is 0 Å². The van der Waals surface area contributed by atoms with Gasteiger partial charge >= 0.3 is 0 Å². The Morgan fingerprint density at radius 2 is 1.33 bits per heavy atom. The van der Waals surface area contributed by atoms with Crippen LogP contribution in [0.5, 0.6) is 23.0 Å². The van der Waals surface area contributed by atoms with E-state index < -0.39 is 0 Å². The van der Waals surface area contributed by atoms with Gasteiger partial charge in [-0.25, -0.2) is 0 Å². The highest BCUT2D eigenvalue weighted by Crippen LogP contribution is 2.39. The molecular weight excluding hydrogens is 561 g/mol. The molecule has 30 heavy (non-hydrogen) atoms. The molecule has 7 heteroatoms. The SMILES string of the molecule is Cc1ccc(N(Cc2cc3c(cc2Br)OCO3)Cc2cc3c(cc2I)OCO3)cc1. The van der Waals surface area contributed by atoms with E-state index in [1.807, 2.05) is 12.1 Å². The first kappa shape index (κ1) is 19.8. The molecule has 0 aromatic heterocycles. The fourth-order valence-corrected chi connectivity index (χ4v) is 4.62. The third-order valence-electron chi connectivity index (χ3n) is 5.20. The maximum absolute atomic E-state index is 5.60. The van der Waals surface area contributed by atoms with Gasteiger partial charge in [-0.3, -0.25) is 0 Å². The van der Waals surface area contributed by atoms with Gasteiger partial charge in [0.2, 0.25) is 13.6 Å². The molecule has 0 radical (unpaired) electrons. The summed E-state index contributed by atoms with van der Waals surface area (Å²) in [5.41, 5.74) is 4.71. The third-order valence-corrected chi connectivity index (χ3v) is 6.95. The minimum Gasteiger partial charge on any atom is -0.454 e. The standard InChI is InChI=1S/C23H19BrINO4/c1-14-2-4-17(5-3-14)26(10-15-6-20-22(8-18(15)24)29-12-27-20)11-16-7-21-23(9-19(16)25)30-13-28-21/h2-9H,10-13H2,1H3. The normalized spacial score (nSPS) is 13.6. The molecule has 154 valence electrons. The van der Waals surface area contributed by atoms with Gasteiger partial charge in [-0.05, 0) is 77.0 Å². The smallest absolute Gasteiger partial charge is 0.231 e. The molecule has 0 amide bonds. The van der Waals surface area contributed by atoms with Gasteiger partial charge < -0.3 is 23.8 Å². The summed E-state index contributed by atoms with van der Waals surface area (Å²) in [5.74, 6) is 3.18. The van der Waals surface area contributed by atoms with Crippen LogP contribution >= 0.6 is 38.5 Å². The van der Waals surface area contributed by atoms with Gasteiger partial charge in [0, 0.05) is 26.8 Å². The summed E-state index contributed by atoms with van der Waals surface area (Å²) in [6.45, 7) is 4.09. The molecule has 3 aromatic rings. The quantitative estimate of drug-likeness (QED) is 0.345. The second kappa shape index (κ2) is 8.19. The van der Waals surface area contributed by atoms with Crippen LogP contribution in [0.25, 0.3) is 0 Å². The second-order valence-corrected chi connectivity index (χ2v) is 9.30. The van der Waals surface area contributed by atoms with Crippen molar-refractivity contribution < 1.29 is 18.9 Å². The van der Waals surface area contributed by atoms with Crippen LogP contribution in [0, 0.1) is 10.5 Å². The number of fused-ring (bicyclic) bond motifs is 2. The number of ether oxygens (including phenoxy) is 4. The highest BCUT2D eigenvalue weighted by atomic mass is 127. The van der Waals surface area contributed by atoms with E-state index in [0.29, 0.717) is 6.54 Å². The molecule has 2 heterocycles. The molecular formula is C23H19BrINO4. The molecule has 0 atom stereocenters. The van der Waals surface area contributed by atoms with Crippen molar-refractivity contribution in [2.45, 2.75) is 20.0 Å². The summed E-state index contributed by atoms with van der Waals surface area (Å²) in [6, 6.07) is 16.8. The first-order valence-corrected chi connectivity index (χ1v) is 11.4. The van der Waals surface area contributed by atoms with Crippen molar-refractivity contribution in [3.63, 3.8) is 0 Å². The Morgan fingerprint density at radius 3 is 2.00 bits per heavy atom. The van der Waals surface area contributed by atoms with Crippen LogP contribution in [-0.4, -0.2) is 13.6 Å². The molecule has 0 fully saturated rings. The van der Waals surface area contributed by atoms with Crippen molar-refractivity contribution in [1.82, 2.24) is 0 Å². The molecule has 2 aliphatic heterocycles. The number of hydrogen-bond donors (Lipinski definition) is 0. The molecule has 0 unspecified atom stereocenters. The van der Waals surface area contributed by atoms with Crippen LogP contribution in [0.15, 0.2) is 53.0 Å². The van der Waals surface area contributed by atoms with Crippen molar-refractivity contribution in [2.24, 2.45) is 0 Å². The van der Waals surface area contributed by atoms with E-state index in [0.717, 1.165) is 48.8 Å². The van der Waals surface area contributed by atoms with Crippen molar-refractivity contribution in [3.8, 4) is 23.0 Å². The van der Waals surface area contributed by atoms with Crippen LogP contribution < -0.4 is 23.8 Å². The van der Waals surface area contributed by atoms with Crippen LogP contribution in [-0.2, 0) is 13.1 Å². The summed E-state index contributed by atoms with van der Waals surface area (Å²) < 4.78 is 24.4. The number of rotatable bonds is 5. The Bertz CT molecular complexity index is 1040. The Morgan fingerprint density at radius 1 is 0.800 bits per heavy atom. The Labute approximate surface area is 197 Å². The van der Waals surface area contributed by atoms with Crippen LogP contribution in [0.2, 0.25) is 0 Å². The van der Waals surface area contributed by atoms with Gasteiger partial charge in [-0.1, -0.05) is 33.6 Å². The fourth-order valence-electron chi connectivity index (χ4n) is 3.57. The molecule has 0 aliphatic carbocycles. The largest absolute Gasteiger partial charge is 0.454 e. The zero-order chi connectivity index (χ0) is 20.7. The molecule has 0 N–H and O–H groups in total. The van der Waals surface area contributed by atoms with E-state index in [1.165, 1.54) is 11.1 Å². The predicted molar refractivity (Wildman–Crippen MR) is 127 cm³/mol. The lowest BCUT2D eigenvalue weighted by atomic mass is 10.1. The fraction of sp³-hybridized carbons (Fsp3) is 0.217. The summed E-state index contributed by atoms with van der Waals surface area (Å²) >= 11 is 6.07. The number of hydrogen-bond acceptors (Lipinski definition) is 5. The monoisotopic (exact) mass is 579 g/mol. The van der Waals surface area contributed by atoms with Crippen molar-refractivity contribution in [3.05, 3.63) is 73.3 Å². The average Bonchev–Trinajstić information content (AvgIpc) is 3.37. The lowest BCUT2D eigenvalue weighted by Crippen LogP contribution is -2.23. The van der Waals surface area contributed by atoms with E-state index in [9.17, 15) is 0 Å². The lowest BCUT2D eigenvalue weighted by molar-refractivity contribution is 0.173. The topological polar surface area (TPSA) is 40.2 Å². The summed E-state index contributed by atoms with van der Waals surface area (Å²) in [7, 11) is 0. The molecule has 2 aliphatic rings. The van der Waals surface area contributed by atoms with E-state index in [2.05, 4.69) is 86.7 Å². The van der Waals surface area contributed by atoms with Gasteiger partial charge in [0.05, 0.1) is 0 Å². The first-order chi connectivity index (χ1) is 14.6. The van der Waals surface area contributed by atoms with Crippen molar-refractivity contribution >= 4 is 44.2 Å². The van der Waals surface area contributed by atoms with Crippen molar-refractivity contribution in [2.75, 3.05) is 18.5 Å². The number of halogens is 2. The molecule has 0 saturated heterocycles. The van der Waals surface area contributed by atoms with E-state index >= 15 is 0 Å². The van der Waals surface area contributed by atoms with Crippen LogP contribution in [0.1, 0.15) is 16.7 Å². The maximum atomic E-state index is 5.60. The molecule has 3 aromatic carbocycles. The lowest BCUT2D eigenvalue weighted by Gasteiger charge is -2.26. The van der Waals surface area contributed by atoms with Crippen LogP contribution in [0.3, 0.4) is 0 Å². The Balaban J connectivity index is 1.49.